The molecule has 5 aliphatic rings. The first-order valence-electron chi connectivity index (χ1n) is 10.2. The first-order chi connectivity index (χ1) is 12.9. The van der Waals surface area contributed by atoms with E-state index in [4.69, 9.17) is 0 Å². The number of piperazine rings is 1. The van der Waals surface area contributed by atoms with Gasteiger partial charge in [0.2, 0.25) is 5.69 Å². The summed E-state index contributed by atoms with van der Waals surface area (Å²) in [6.45, 7) is 2.76. The van der Waals surface area contributed by atoms with Gasteiger partial charge in [-0.3, -0.25) is 19.6 Å². The number of aromatic nitrogens is 2. The molecule has 0 atom stereocenters. The molecule has 4 bridgehead atoms. The fourth-order valence-corrected chi connectivity index (χ4v) is 6.40. The van der Waals surface area contributed by atoms with E-state index in [-0.39, 0.29) is 22.8 Å². The van der Waals surface area contributed by atoms with Crippen molar-refractivity contribution in [2.45, 2.75) is 44.1 Å². The van der Waals surface area contributed by atoms with Crippen molar-refractivity contribution in [3.63, 3.8) is 0 Å². The lowest BCUT2D eigenvalue weighted by Crippen LogP contribution is -2.52. The van der Waals surface area contributed by atoms with Crippen LogP contribution < -0.4 is 0 Å². The largest absolute Gasteiger partial charge is 0.334 e. The van der Waals surface area contributed by atoms with E-state index in [0.29, 0.717) is 13.1 Å². The highest BCUT2D eigenvalue weighted by Gasteiger charge is 2.53. The molecule has 146 valence electrons. The van der Waals surface area contributed by atoms with E-state index >= 15 is 0 Å². The van der Waals surface area contributed by atoms with Gasteiger partial charge in [0.1, 0.15) is 6.20 Å². The molecule has 4 saturated carbocycles. The van der Waals surface area contributed by atoms with Crippen LogP contribution in [0.3, 0.4) is 0 Å². The average molecular weight is 373 g/mol. The molecule has 0 N–H and O–H groups in total. The van der Waals surface area contributed by atoms with Crippen LogP contribution in [0, 0.1) is 27.9 Å². The summed E-state index contributed by atoms with van der Waals surface area (Å²) in [7, 11) is 2.02. The standard InChI is InChI=1S/C19H27N5O3/c1-21-2-4-22(5-3-21)18(25)17-16(24(26)27)12-23(20-17)19-9-13-6-14(10-19)8-15(7-13)11-19/h12-15H,2-11H2,1H3. The van der Waals surface area contributed by atoms with Gasteiger partial charge in [-0.15, -0.1) is 0 Å². The third-order valence-corrected chi connectivity index (χ3v) is 7.38. The van der Waals surface area contributed by atoms with Crippen molar-refractivity contribution in [3.05, 3.63) is 22.0 Å². The Balaban J connectivity index is 1.48. The fraction of sp³-hybridized carbons (Fsp3) is 0.789. The van der Waals surface area contributed by atoms with Crippen LogP contribution in [0.1, 0.15) is 49.0 Å². The van der Waals surface area contributed by atoms with Crippen LogP contribution in [0.4, 0.5) is 5.69 Å². The van der Waals surface area contributed by atoms with Gasteiger partial charge < -0.3 is 9.80 Å². The van der Waals surface area contributed by atoms with Crippen molar-refractivity contribution in [2.75, 3.05) is 33.2 Å². The van der Waals surface area contributed by atoms with E-state index in [1.165, 1.54) is 19.3 Å². The molecule has 0 aromatic carbocycles. The summed E-state index contributed by atoms with van der Waals surface area (Å²) in [4.78, 5) is 28.1. The van der Waals surface area contributed by atoms with Gasteiger partial charge in [0.05, 0.1) is 10.5 Å². The van der Waals surface area contributed by atoms with Gasteiger partial charge in [-0.25, -0.2) is 0 Å². The molecule has 4 aliphatic carbocycles. The minimum Gasteiger partial charge on any atom is -0.334 e. The van der Waals surface area contributed by atoms with Crippen LogP contribution in [0.15, 0.2) is 6.20 Å². The summed E-state index contributed by atoms with van der Waals surface area (Å²) in [5.74, 6) is 1.86. The predicted octanol–water partition coefficient (Wildman–Crippen LogP) is 2.10. The molecule has 1 amide bonds. The van der Waals surface area contributed by atoms with Crippen LogP contribution in [-0.4, -0.2) is 63.6 Å². The van der Waals surface area contributed by atoms with Crippen molar-refractivity contribution >= 4 is 11.6 Å². The number of nitrogens with zero attached hydrogens (tertiary/aromatic N) is 5. The summed E-state index contributed by atoms with van der Waals surface area (Å²) >= 11 is 0. The maximum Gasteiger partial charge on any atom is 0.320 e. The van der Waals surface area contributed by atoms with Gasteiger partial charge >= 0.3 is 5.69 Å². The Kier molecular flexibility index (Phi) is 3.83. The monoisotopic (exact) mass is 373 g/mol. The van der Waals surface area contributed by atoms with E-state index in [9.17, 15) is 14.9 Å². The molecule has 1 saturated heterocycles. The zero-order valence-electron chi connectivity index (χ0n) is 15.8. The lowest BCUT2D eigenvalue weighted by Gasteiger charge is -2.56. The Morgan fingerprint density at radius 2 is 1.67 bits per heavy atom. The summed E-state index contributed by atoms with van der Waals surface area (Å²) in [5, 5.41) is 16.3. The third kappa shape index (κ3) is 2.76. The highest BCUT2D eigenvalue weighted by molar-refractivity contribution is 5.96. The Morgan fingerprint density at radius 1 is 1.11 bits per heavy atom. The Morgan fingerprint density at radius 3 is 2.19 bits per heavy atom. The number of hydrogen-bond acceptors (Lipinski definition) is 5. The Bertz CT molecular complexity index is 745. The van der Waals surface area contributed by atoms with Gasteiger partial charge in [-0.2, -0.15) is 5.10 Å². The molecule has 8 heteroatoms. The van der Waals surface area contributed by atoms with Crippen LogP contribution in [-0.2, 0) is 5.54 Å². The van der Waals surface area contributed by atoms with E-state index in [1.54, 1.807) is 11.1 Å². The lowest BCUT2D eigenvalue weighted by molar-refractivity contribution is -0.385. The van der Waals surface area contributed by atoms with Crippen LogP contribution in [0.2, 0.25) is 0 Å². The topological polar surface area (TPSA) is 84.5 Å². The lowest BCUT2D eigenvalue weighted by atomic mass is 9.53. The molecule has 5 fully saturated rings. The van der Waals surface area contributed by atoms with E-state index in [2.05, 4.69) is 10.00 Å². The quantitative estimate of drug-likeness (QED) is 0.598. The molecule has 6 rings (SSSR count). The van der Waals surface area contributed by atoms with Crippen molar-refractivity contribution in [2.24, 2.45) is 17.8 Å². The molecule has 2 heterocycles. The predicted molar refractivity (Wildman–Crippen MR) is 98.4 cm³/mol. The van der Waals surface area contributed by atoms with Gasteiger partial charge in [-0.1, -0.05) is 0 Å². The van der Waals surface area contributed by atoms with Gasteiger partial charge in [0.25, 0.3) is 5.91 Å². The van der Waals surface area contributed by atoms with Gasteiger partial charge in [-0.05, 0) is 63.3 Å². The Labute approximate surface area is 158 Å². The first kappa shape index (κ1) is 17.2. The number of likely N-dealkylation sites (N-methyl/N-ethyl adjacent to an activating group) is 1. The molecular formula is C19H27N5O3. The van der Waals surface area contributed by atoms with Gasteiger partial charge in [0, 0.05) is 26.2 Å². The number of amides is 1. The minimum absolute atomic E-state index is 0.0281. The molecule has 27 heavy (non-hydrogen) atoms. The number of nitro groups is 1. The third-order valence-electron chi connectivity index (χ3n) is 7.38. The summed E-state index contributed by atoms with van der Waals surface area (Å²) < 4.78 is 1.83. The second kappa shape index (κ2) is 6.02. The summed E-state index contributed by atoms with van der Waals surface area (Å²) in [6, 6.07) is 0. The molecule has 8 nitrogen and oxygen atoms in total. The molecule has 0 radical (unpaired) electrons. The fourth-order valence-electron chi connectivity index (χ4n) is 6.40. The van der Waals surface area contributed by atoms with Crippen LogP contribution in [0.25, 0.3) is 0 Å². The second-order valence-corrected chi connectivity index (χ2v) is 9.30. The van der Waals surface area contributed by atoms with Crippen LogP contribution in [0.5, 0.6) is 0 Å². The summed E-state index contributed by atoms with van der Waals surface area (Å²) in [6.07, 6.45) is 8.62. The maximum absolute atomic E-state index is 13.0. The second-order valence-electron chi connectivity index (χ2n) is 9.30. The zero-order chi connectivity index (χ0) is 18.8. The zero-order valence-corrected chi connectivity index (χ0v) is 15.8. The number of rotatable bonds is 3. The normalized spacial score (nSPS) is 35.6. The molecule has 1 aromatic heterocycles. The Hall–Kier alpha value is -1.96. The maximum atomic E-state index is 13.0. The number of carbonyl (C=O) groups excluding carboxylic acids is 1. The smallest absolute Gasteiger partial charge is 0.320 e. The highest BCUT2D eigenvalue weighted by atomic mass is 16.6. The number of carbonyl (C=O) groups is 1. The molecule has 1 aromatic rings. The van der Waals surface area contributed by atoms with Crippen molar-refractivity contribution in [1.29, 1.82) is 0 Å². The van der Waals surface area contributed by atoms with Crippen molar-refractivity contribution < 1.29 is 9.72 Å². The number of hydrogen-bond donors (Lipinski definition) is 0. The SMILES string of the molecule is CN1CCN(C(=O)c2nn(C34CC5CC(CC(C5)C3)C4)cc2[N+](=O)[O-])CC1. The van der Waals surface area contributed by atoms with Crippen molar-refractivity contribution in [1.82, 2.24) is 19.6 Å². The minimum atomic E-state index is -0.437. The molecular weight excluding hydrogens is 346 g/mol. The highest BCUT2D eigenvalue weighted by Crippen LogP contribution is 2.58. The van der Waals surface area contributed by atoms with E-state index in [1.807, 2.05) is 11.7 Å². The molecule has 0 unspecified atom stereocenters. The average Bonchev–Trinajstić information content (AvgIpc) is 3.07. The van der Waals surface area contributed by atoms with Gasteiger partial charge in [0.15, 0.2) is 0 Å². The first-order valence-corrected chi connectivity index (χ1v) is 10.2. The van der Waals surface area contributed by atoms with E-state index < -0.39 is 4.92 Å². The molecule has 0 spiro atoms. The van der Waals surface area contributed by atoms with Crippen LogP contribution >= 0.6 is 0 Å². The van der Waals surface area contributed by atoms with Crippen molar-refractivity contribution in [3.8, 4) is 0 Å². The summed E-state index contributed by atoms with van der Waals surface area (Å²) in [5.41, 5.74) is -0.213. The van der Waals surface area contributed by atoms with E-state index in [0.717, 1.165) is 50.1 Å². The molecule has 1 aliphatic heterocycles.